The van der Waals surface area contributed by atoms with Crippen molar-refractivity contribution in [2.24, 2.45) is 0 Å². The van der Waals surface area contributed by atoms with E-state index < -0.39 is 17.8 Å². The van der Waals surface area contributed by atoms with Gasteiger partial charge in [-0.15, -0.1) is 0 Å². The largest absolute Gasteiger partial charge is 0.480 e. The number of nitrogens with zero attached hydrogens (tertiary/aromatic N) is 3. The minimum atomic E-state index is -4.56. The van der Waals surface area contributed by atoms with E-state index in [1.165, 1.54) is 0 Å². The number of aromatic nitrogens is 3. The zero-order valence-corrected chi connectivity index (χ0v) is 15.2. The number of aryl methyl sites for hydroxylation is 1. The lowest BCUT2D eigenvalue weighted by molar-refractivity contribution is -0.141. The Hall–Kier alpha value is -3.69. The molecular formula is C19H16F3N5O2. The van der Waals surface area contributed by atoms with Gasteiger partial charge in [0.15, 0.2) is 0 Å². The summed E-state index contributed by atoms with van der Waals surface area (Å²) in [7, 11) is 0. The molecule has 29 heavy (non-hydrogen) atoms. The second-order valence-electron chi connectivity index (χ2n) is 6.16. The molecule has 0 aliphatic rings. The first-order valence-corrected chi connectivity index (χ1v) is 8.42. The number of hydrogen-bond donors (Lipinski definition) is 3. The van der Waals surface area contributed by atoms with Crippen molar-refractivity contribution in [2.45, 2.75) is 13.1 Å². The zero-order chi connectivity index (χ0) is 21.0. The SMILES string of the molecule is Cc1cc(Nc2nccc(C(F)(F)F)n2)cc(-c2ccc(NCC(=O)O)nc2)c1. The van der Waals surface area contributed by atoms with Gasteiger partial charge in [0, 0.05) is 23.6 Å². The smallest absolute Gasteiger partial charge is 0.433 e. The third-order valence-corrected chi connectivity index (χ3v) is 3.80. The molecule has 0 radical (unpaired) electrons. The monoisotopic (exact) mass is 403 g/mol. The lowest BCUT2D eigenvalue weighted by Crippen LogP contribution is -2.12. The molecule has 0 aliphatic carbocycles. The van der Waals surface area contributed by atoms with Gasteiger partial charge >= 0.3 is 12.1 Å². The molecule has 7 nitrogen and oxygen atoms in total. The van der Waals surface area contributed by atoms with Crippen molar-refractivity contribution in [3.63, 3.8) is 0 Å². The molecule has 0 saturated carbocycles. The van der Waals surface area contributed by atoms with Crippen LogP contribution < -0.4 is 10.6 Å². The number of carboxylic acids is 1. The summed E-state index contributed by atoms with van der Waals surface area (Å²) in [5.74, 6) is -0.746. The molecule has 3 rings (SSSR count). The lowest BCUT2D eigenvalue weighted by Gasteiger charge is -2.11. The summed E-state index contributed by atoms with van der Waals surface area (Å²) in [4.78, 5) is 22.1. The first-order valence-electron chi connectivity index (χ1n) is 8.42. The Morgan fingerprint density at radius 2 is 1.90 bits per heavy atom. The fourth-order valence-electron chi connectivity index (χ4n) is 2.56. The molecule has 0 bridgehead atoms. The molecule has 0 fully saturated rings. The van der Waals surface area contributed by atoms with Crippen molar-refractivity contribution in [2.75, 3.05) is 17.2 Å². The van der Waals surface area contributed by atoms with Crippen molar-refractivity contribution in [3.05, 3.63) is 60.0 Å². The number of alkyl halides is 3. The molecule has 2 aromatic heterocycles. The number of carbonyl (C=O) groups is 1. The molecule has 10 heteroatoms. The van der Waals surface area contributed by atoms with Crippen LogP contribution in [0.4, 0.5) is 30.6 Å². The van der Waals surface area contributed by atoms with E-state index in [2.05, 4.69) is 25.6 Å². The molecule has 3 aromatic rings. The van der Waals surface area contributed by atoms with Crippen molar-refractivity contribution in [1.82, 2.24) is 15.0 Å². The Bertz CT molecular complexity index is 1020. The molecule has 0 aliphatic heterocycles. The van der Waals surface area contributed by atoms with Gasteiger partial charge in [-0.05, 0) is 48.4 Å². The number of nitrogens with one attached hydrogen (secondary N) is 2. The van der Waals surface area contributed by atoms with Gasteiger partial charge < -0.3 is 15.7 Å². The van der Waals surface area contributed by atoms with Crippen LogP contribution in [-0.2, 0) is 11.0 Å². The highest BCUT2D eigenvalue weighted by Crippen LogP contribution is 2.29. The van der Waals surface area contributed by atoms with Gasteiger partial charge in [-0.3, -0.25) is 4.79 Å². The minimum absolute atomic E-state index is 0.164. The molecule has 3 N–H and O–H groups in total. The summed E-state index contributed by atoms with van der Waals surface area (Å²) in [6.07, 6.45) is -1.94. The van der Waals surface area contributed by atoms with Crippen LogP contribution in [0, 0.1) is 6.92 Å². The summed E-state index contributed by atoms with van der Waals surface area (Å²) in [6.45, 7) is 1.60. The van der Waals surface area contributed by atoms with E-state index in [4.69, 9.17) is 5.11 Å². The molecule has 0 spiro atoms. The number of aliphatic carboxylic acids is 1. The van der Waals surface area contributed by atoms with E-state index in [0.29, 0.717) is 11.5 Å². The highest BCUT2D eigenvalue weighted by atomic mass is 19.4. The van der Waals surface area contributed by atoms with Gasteiger partial charge in [-0.25, -0.2) is 15.0 Å². The van der Waals surface area contributed by atoms with Gasteiger partial charge in [0.05, 0.1) is 0 Å². The summed E-state index contributed by atoms with van der Waals surface area (Å²) in [5, 5.41) is 14.1. The Kier molecular flexibility index (Phi) is 5.62. The van der Waals surface area contributed by atoms with E-state index in [-0.39, 0.29) is 12.5 Å². The van der Waals surface area contributed by atoms with Gasteiger partial charge in [0.25, 0.3) is 0 Å². The Balaban J connectivity index is 1.82. The average Bonchev–Trinajstić information content (AvgIpc) is 2.66. The van der Waals surface area contributed by atoms with E-state index in [0.717, 1.165) is 29.0 Å². The topological polar surface area (TPSA) is 100 Å². The highest BCUT2D eigenvalue weighted by molar-refractivity contribution is 5.73. The number of pyridine rings is 1. The Morgan fingerprint density at radius 1 is 1.10 bits per heavy atom. The second kappa shape index (κ2) is 8.13. The number of hydrogen-bond acceptors (Lipinski definition) is 6. The quantitative estimate of drug-likeness (QED) is 0.570. The van der Waals surface area contributed by atoms with E-state index in [1.807, 2.05) is 13.0 Å². The highest BCUT2D eigenvalue weighted by Gasteiger charge is 2.32. The molecule has 0 amide bonds. The molecule has 2 heterocycles. The summed E-state index contributed by atoms with van der Waals surface area (Å²) in [5.41, 5.74) is 1.88. The molecule has 0 saturated heterocycles. The zero-order valence-electron chi connectivity index (χ0n) is 15.2. The number of rotatable bonds is 6. The third-order valence-electron chi connectivity index (χ3n) is 3.80. The van der Waals surface area contributed by atoms with Gasteiger partial charge in [-0.2, -0.15) is 13.2 Å². The number of carboxylic acid groups (broad SMARTS) is 1. The van der Waals surface area contributed by atoms with Crippen LogP contribution in [0.3, 0.4) is 0 Å². The Morgan fingerprint density at radius 3 is 2.55 bits per heavy atom. The normalized spacial score (nSPS) is 11.2. The maximum absolute atomic E-state index is 12.8. The second-order valence-corrected chi connectivity index (χ2v) is 6.16. The van der Waals surface area contributed by atoms with E-state index in [9.17, 15) is 18.0 Å². The summed E-state index contributed by atoms with van der Waals surface area (Å²) in [6, 6.07) is 9.58. The number of benzene rings is 1. The number of halogens is 3. The molecule has 0 atom stereocenters. The fraction of sp³-hybridized carbons (Fsp3) is 0.158. The third kappa shape index (κ3) is 5.41. The predicted octanol–water partition coefficient (Wildman–Crippen LogP) is 4.11. The van der Waals surface area contributed by atoms with Crippen LogP contribution in [0.2, 0.25) is 0 Å². The van der Waals surface area contributed by atoms with E-state index >= 15 is 0 Å². The average molecular weight is 403 g/mol. The van der Waals surface area contributed by atoms with Gasteiger partial charge in [-0.1, -0.05) is 6.07 Å². The molecule has 150 valence electrons. The standard InChI is InChI=1S/C19H16F3N5O2/c1-11-6-13(12-2-3-16(24-9-12)25-10-17(28)29)8-14(7-11)26-18-23-5-4-15(27-18)19(20,21)22/h2-9H,10H2,1H3,(H,24,25)(H,28,29)(H,23,26,27). The molecule has 0 unspecified atom stereocenters. The van der Waals surface area contributed by atoms with E-state index in [1.54, 1.807) is 30.5 Å². The Labute approximate surface area is 163 Å². The van der Waals surface area contributed by atoms with Crippen molar-refractivity contribution >= 4 is 23.4 Å². The van der Waals surface area contributed by atoms with Gasteiger partial charge in [0.1, 0.15) is 18.1 Å². The predicted molar refractivity (Wildman–Crippen MR) is 101 cm³/mol. The van der Waals surface area contributed by atoms with Crippen LogP contribution in [0.25, 0.3) is 11.1 Å². The van der Waals surface area contributed by atoms with Crippen molar-refractivity contribution in [3.8, 4) is 11.1 Å². The first kappa shape index (κ1) is 20.1. The molecule has 1 aromatic carbocycles. The summed E-state index contributed by atoms with van der Waals surface area (Å²) < 4.78 is 38.5. The van der Waals surface area contributed by atoms with Gasteiger partial charge in [0.2, 0.25) is 5.95 Å². The lowest BCUT2D eigenvalue weighted by atomic mass is 10.0. The maximum Gasteiger partial charge on any atom is 0.433 e. The fourth-order valence-corrected chi connectivity index (χ4v) is 2.56. The maximum atomic E-state index is 12.8. The van der Waals surface area contributed by atoms with Crippen LogP contribution >= 0.6 is 0 Å². The number of anilines is 3. The minimum Gasteiger partial charge on any atom is -0.480 e. The van der Waals surface area contributed by atoms with Crippen LogP contribution in [0.15, 0.2) is 48.8 Å². The van der Waals surface area contributed by atoms with Crippen LogP contribution in [-0.4, -0.2) is 32.6 Å². The molecular weight excluding hydrogens is 387 g/mol. The van der Waals surface area contributed by atoms with Crippen LogP contribution in [0.1, 0.15) is 11.3 Å². The van der Waals surface area contributed by atoms with Crippen molar-refractivity contribution in [1.29, 1.82) is 0 Å². The van der Waals surface area contributed by atoms with Crippen molar-refractivity contribution < 1.29 is 23.1 Å². The van der Waals surface area contributed by atoms with Crippen LogP contribution in [0.5, 0.6) is 0 Å². The first-order chi connectivity index (χ1) is 13.7. The summed E-state index contributed by atoms with van der Waals surface area (Å²) >= 11 is 0.